The lowest BCUT2D eigenvalue weighted by Gasteiger charge is -2.36. The van der Waals surface area contributed by atoms with Gasteiger partial charge in [0.2, 0.25) is 0 Å². The van der Waals surface area contributed by atoms with Gasteiger partial charge in [0.15, 0.2) is 0 Å². The number of carbonyl (C=O) groups is 1. The number of nitrogens with zero attached hydrogens (tertiary/aromatic N) is 3. The van der Waals surface area contributed by atoms with E-state index in [9.17, 15) is 4.79 Å². The average Bonchev–Trinajstić information content (AvgIpc) is 2.53. The first-order valence-electron chi connectivity index (χ1n) is 6.73. The molecule has 0 aromatic heterocycles. The molecular formula is C15H19N3OS. The molecule has 106 valence electrons. The summed E-state index contributed by atoms with van der Waals surface area (Å²) in [6.45, 7) is 4.81. The Labute approximate surface area is 124 Å². The van der Waals surface area contributed by atoms with Crippen molar-refractivity contribution in [2.45, 2.75) is 17.9 Å². The first kappa shape index (κ1) is 14.9. The van der Waals surface area contributed by atoms with E-state index in [1.165, 1.54) is 0 Å². The molecule has 20 heavy (non-hydrogen) atoms. The molecule has 0 N–H and O–H groups in total. The highest BCUT2D eigenvalue weighted by molar-refractivity contribution is 7.98. The van der Waals surface area contributed by atoms with Crippen molar-refractivity contribution in [2.75, 3.05) is 32.4 Å². The van der Waals surface area contributed by atoms with Crippen LogP contribution in [-0.2, 0) is 0 Å². The fourth-order valence-electron chi connectivity index (χ4n) is 2.39. The summed E-state index contributed by atoms with van der Waals surface area (Å²) in [4.78, 5) is 17.6. The maximum Gasteiger partial charge on any atom is 0.255 e. The number of piperazine rings is 1. The van der Waals surface area contributed by atoms with E-state index in [0.717, 1.165) is 23.5 Å². The van der Waals surface area contributed by atoms with Gasteiger partial charge in [-0.15, -0.1) is 11.8 Å². The largest absolute Gasteiger partial charge is 0.336 e. The average molecular weight is 289 g/mol. The van der Waals surface area contributed by atoms with Gasteiger partial charge in [0.05, 0.1) is 17.7 Å². The van der Waals surface area contributed by atoms with Crippen molar-refractivity contribution >= 4 is 17.7 Å². The summed E-state index contributed by atoms with van der Waals surface area (Å²) >= 11 is 1.60. The Kier molecular flexibility index (Phi) is 5.05. The molecule has 0 spiro atoms. The van der Waals surface area contributed by atoms with Crippen molar-refractivity contribution in [2.24, 2.45) is 0 Å². The summed E-state index contributed by atoms with van der Waals surface area (Å²) in [5.41, 5.74) is 0.779. The Bertz CT molecular complexity index is 518. The molecule has 1 atom stereocenters. The zero-order chi connectivity index (χ0) is 14.5. The van der Waals surface area contributed by atoms with Gasteiger partial charge < -0.3 is 4.90 Å². The van der Waals surface area contributed by atoms with E-state index in [4.69, 9.17) is 5.26 Å². The van der Waals surface area contributed by atoms with Gasteiger partial charge in [0.25, 0.3) is 5.91 Å². The predicted octanol–water partition coefficient (Wildman–Crippen LogP) is 2.08. The predicted molar refractivity (Wildman–Crippen MR) is 80.8 cm³/mol. The SMILES string of the molecule is CSc1ccccc1C(=O)N1CCN(C(C)C#N)CC1. The molecule has 1 aliphatic rings. The Hall–Kier alpha value is -1.51. The number of carbonyl (C=O) groups excluding carboxylic acids is 1. The molecule has 0 aliphatic carbocycles. The molecule has 4 nitrogen and oxygen atoms in total. The van der Waals surface area contributed by atoms with Crippen molar-refractivity contribution in [1.82, 2.24) is 9.80 Å². The molecule has 1 heterocycles. The number of nitriles is 1. The first-order chi connectivity index (χ1) is 9.67. The second-order valence-electron chi connectivity index (χ2n) is 4.83. The number of amides is 1. The van der Waals surface area contributed by atoms with Gasteiger partial charge in [-0.05, 0) is 25.3 Å². The number of thioether (sulfide) groups is 1. The van der Waals surface area contributed by atoms with E-state index in [0.29, 0.717) is 13.1 Å². The summed E-state index contributed by atoms with van der Waals surface area (Å²) in [6, 6.07) is 9.89. The fourth-order valence-corrected chi connectivity index (χ4v) is 2.98. The number of hydrogen-bond donors (Lipinski definition) is 0. The molecule has 1 fully saturated rings. The number of benzene rings is 1. The highest BCUT2D eigenvalue weighted by atomic mass is 32.2. The third-order valence-corrected chi connectivity index (χ3v) is 4.47. The minimum Gasteiger partial charge on any atom is -0.336 e. The molecule has 1 amide bonds. The van der Waals surface area contributed by atoms with E-state index in [1.54, 1.807) is 11.8 Å². The molecular weight excluding hydrogens is 270 g/mol. The van der Waals surface area contributed by atoms with Crippen LogP contribution in [0, 0.1) is 11.3 Å². The van der Waals surface area contributed by atoms with Crippen molar-refractivity contribution in [3.05, 3.63) is 29.8 Å². The van der Waals surface area contributed by atoms with Gasteiger partial charge in [-0.1, -0.05) is 12.1 Å². The molecule has 1 aromatic rings. The van der Waals surface area contributed by atoms with E-state index < -0.39 is 0 Å². The fraction of sp³-hybridized carbons (Fsp3) is 0.467. The van der Waals surface area contributed by atoms with Gasteiger partial charge in [0.1, 0.15) is 0 Å². The third-order valence-electron chi connectivity index (χ3n) is 3.67. The Morgan fingerprint density at radius 1 is 1.30 bits per heavy atom. The quantitative estimate of drug-likeness (QED) is 0.799. The summed E-state index contributed by atoms with van der Waals surface area (Å²) in [6.07, 6.45) is 1.98. The van der Waals surface area contributed by atoms with Crippen LogP contribution >= 0.6 is 11.8 Å². The molecule has 1 aromatic carbocycles. The zero-order valence-electron chi connectivity index (χ0n) is 11.9. The normalized spacial score (nSPS) is 17.6. The second kappa shape index (κ2) is 6.78. The number of hydrogen-bond acceptors (Lipinski definition) is 4. The van der Waals surface area contributed by atoms with Crippen LogP contribution in [0.4, 0.5) is 0 Å². The molecule has 1 aliphatic heterocycles. The first-order valence-corrected chi connectivity index (χ1v) is 7.95. The standard InChI is InChI=1S/C15H19N3OS/c1-12(11-16)17-7-9-18(10-8-17)15(19)13-5-3-4-6-14(13)20-2/h3-6,12H,7-10H2,1-2H3. The van der Waals surface area contributed by atoms with Crippen LogP contribution in [0.5, 0.6) is 0 Å². The van der Waals surface area contributed by atoms with Crippen molar-refractivity contribution in [1.29, 1.82) is 5.26 Å². The molecule has 1 saturated heterocycles. The van der Waals surface area contributed by atoms with Crippen LogP contribution in [0.15, 0.2) is 29.2 Å². The maximum absolute atomic E-state index is 12.6. The Morgan fingerprint density at radius 2 is 1.95 bits per heavy atom. The van der Waals surface area contributed by atoms with E-state index >= 15 is 0 Å². The Morgan fingerprint density at radius 3 is 2.55 bits per heavy atom. The monoisotopic (exact) mass is 289 g/mol. The lowest BCUT2D eigenvalue weighted by Crippen LogP contribution is -2.51. The van der Waals surface area contributed by atoms with Gasteiger partial charge >= 0.3 is 0 Å². The highest BCUT2D eigenvalue weighted by Gasteiger charge is 2.25. The minimum atomic E-state index is -0.0780. The smallest absolute Gasteiger partial charge is 0.255 e. The van der Waals surface area contributed by atoms with E-state index in [1.807, 2.05) is 42.3 Å². The third kappa shape index (κ3) is 3.14. The van der Waals surface area contributed by atoms with Crippen LogP contribution < -0.4 is 0 Å². The lowest BCUT2D eigenvalue weighted by molar-refractivity contribution is 0.0612. The van der Waals surface area contributed by atoms with Crippen molar-refractivity contribution in [3.8, 4) is 6.07 Å². The van der Waals surface area contributed by atoms with Gasteiger partial charge in [0, 0.05) is 31.1 Å². The summed E-state index contributed by atoms with van der Waals surface area (Å²) < 4.78 is 0. The molecule has 2 rings (SSSR count). The maximum atomic E-state index is 12.6. The van der Waals surface area contributed by atoms with E-state index in [2.05, 4.69) is 11.0 Å². The molecule has 0 bridgehead atoms. The Balaban J connectivity index is 2.04. The van der Waals surface area contributed by atoms with Crippen LogP contribution in [0.2, 0.25) is 0 Å². The van der Waals surface area contributed by atoms with Crippen LogP contribution in [-0.4, -0.2) is 54.2 Å². The van der Waals surface area contributed by atoms with Crippen molar-refractivity contribution < 1.29 is 4.79 Å². The summed E-state index contributed by atoms with van der Waals surface area (Å²) in [5.74, 6) is 0.0965. The number of rotatable bonds is 3. The second-order valence-corrected chi connectivity index (χ2v) is 5.68. The van der Waals surface area contributed by atoms with Gasteiger partial charge in [-0.3, -0.25) is 9.69 Å². The zero-order valence-corrected chi connectivity index (χ0v) is 12.7. The lowest BCUT2D eigenvalue weighted by atomic mass is 10.1. The van der Waals surface area contributed by atoms with Crippen molar-refractivity contribution in [3.63, 3.8) is 0 Å². The molecule has 1 unspecified atom stereocenters. The molecule has 0 saturated carbocycles. The molecule has 0 radical (unpaired) electrons. The van der Waals surface area contributed by atoms with Crippen LogP contribution in [0.3, 0.4) is 0 Å². The summed E-state index contributed by atoms with van der Waals surface area (Å²) in [7, 11) is 0. The summed E-state index contributed by atoms with van der Waals surface area (Å²) in [5, 5.41) is 8.93. The van der Waals surface area contributed by atoms with Gasteiger partial charge in [-0.2, -0.15) is 5.26 Å². The minimum absolute atomic E-state index is 0.0780. The van der Waals surface area contributed by atoms with Crippen LogP contribution in [0.1, 0.15) is 17.3 Å². The van der Waals surface area contributed by atoms with E-state index in [-0.39, 0.29) is 11.9 Å². The topological polar surface area (TPSA) is 47.3 Å². The highest BCUT2D eigenvalue weighted by Crippen LogP contribution is 2.22. The van der Waals surface area contributed by atoms with Gasteiger partial charge in [-0.25, -0.2) is 0 Å². The van der Waals surface area contributed by atoms with Crippen LogP contribution in [0.25, 0.3) is 0 Å². The molecule has 5 heteroatoms.